The normalized spacial score (nSPS) is 15.5. The number of aromatic amines is 1. The van der Waals surface area contributed by atoms with Gasteiger partial charge in [0, 0.05) is 17.1 Å². The SMILES string of the molecule is O=C(Oc1ccc2[nH]ccc2c1)C1CC1. The summed E-state index contributed by atoms with van der Waals surface area (Å²) in [7, 11) is 0. The van der Waals surface area contributed by atoms with Gasteiger partial charge in [-0.2, -0.15) is 0 Å². The Labute approximate surface area is 87.1 Å². The standard InChI is InChI=1S/C12H11NO2/c14-12(8-1-2-8)15-10-3-4-11-9(7-10)5-6-13-11/h3-8,13H,1-2H2. The van der Waals surface area contributed by atoms with Crippen LogP contribution in [-0.4, -0.2) is 11.0 Å². The zero-order valence-corrected chi connectivity index (χ0v) is 8.19. The van der Waals surface area contributed by atoms with Gasteiger partial charge >= 0.3 is 5.97 Å². The van der Waals surface area contributed by atoms with E-state index >= 15 is 0 Å². The van der Waals surface area contributed by atoms with E-state index in [0.717, 1.165) is 23.7 Å². The molecular formula is C12H11NO2. The molecule has 76 valence electrons. The highest BCUT2D eigenvalue weighted by Gasteiger charge is 2.31. The van der Waals surface area contributed by atoms with Gasteiger partial charge in [0.1, 0.15) is 5.75 Å². The zero-order valence-electron chi connectivity index (χ0n) is 8.19. The Kier molecular flexibility index (Phi) is 1.78. The predicted molar refractivity (Wildman–Crippen MR) is 56.7 cm³/mol. The van der Waals surface area contributed by atoms with Crippen molar-refractivity contribution in [1.29, 1.82) is 0 Å². The van der Waals surface area contributed by atoms with E-state index in [1.807, 2.05) is 30.5 Å². The van der Waals surface area contributed by atoms with Crippen molar-refractivity contribution >= 4 is 16.9 Å². The summed E-state index contributed by atoms with van der Waals surface area (Å²) in [5, 5.41) is 1.07. The van der Waals surface area contributed by atoms with Crippen molar-refractivity contribution in [3.8, 4) is 5.75 Å². The Morgan fingerprint density at radius 3 is 3.00 bits per heavy atom. The molecule has 1 fully saturated rings. The maximum absolute atomic E-state index is 11.4. The van der Waals surface area contributed by atoms with Crippen molar-refractivity contribution in [3.63, 3.8) is 0 Å². The fourth-order valence-corrected chi connectivity index (χ4v) is 1.61. The van der Waals surface area contributed by atoms with Gasteiger partial charge in [-0.1, -0.05) is 0 Å². The summed E-state index contributed by atoms with van der Waals surface area (Å²) in [5.41, 5.74) is 1.06. The molecule has 0 radical (unpaired) electrons. The molecular weight excluding hydrogens is 190 g/mol. The molecule has 3 nitrogen and oxygen atoms in total. The molecule has 15 heavy (non-hydrogen) atoms. The van der Waals surface area contributed by atoms with E-state index < -0.39 is 0 Å². The summed E-state index contributed by atoms with van der Waals surface area (Å²) in [5.74, 6) is 0.691. The van der Waals surface area contributed by atoms with Gasteiger partial charge in [-0.15, -0.1) is 0 Å². The van der Waals surface area contributed by atoms with Crippen LogP contribution in [0.25, 0.3) is 10.9 Å². The first kappa shape index (κ1) is 8.53. The second-order valence-electron chi connectivity index (χ2n) is 3.92. The Bertz CT molecular complexity index is 511. The van der Waals surface area contributed by atoms with E-state index in [4.69, 9.17) is 4.74 Å². The zero-order chi connectivity index (χ0) is 10.3. The minimum absolute atomic E-state index is 0.0927. The molecule has 1 heterocycles. The molecule has 1 N–H and O–H groups in total. The number of nitrogens with one attached hydrogen (secondary N) is 1. The van der Waals surface area contributed by atoms with Gasteiger partial charge in [0.2, 0.25) is 0 Å². The van der Waals surface area contributed by atoms with Crippen LogP contribution in [-0.2, 0) is 4.79 Å². The fraction of sp³-hybridized carbons (Fsp3) is 0.250. The van der Waals surface area contributed by atoms with Crippen LogP contribution < -0.4 is 4.74 Å². The third kappa shape index (κ3) is 1.61. The summed E-state index contributed by atoms with van der Waals surface area (Å²) in [6, 6.07) is 7.58. The average Bonchev–Trinajstić information content (AvgIpc) is 2.98. The molecule has 1 aromatic heterocycles. The van der Waals surface area contributed by atoms with Gasteiger partial charge in [-0.3, -0.25) is 4.79 Å². The van der Waals surface area contributed by atoms with Crippen molar-refractivity contribution in [2.75, 3.05) is 0 Å². The first-order valence-corrected chi connectivity index (χ1v) is 5.12. The molecule has 2 aromatic rings. The van der Waals surface area contributed by atoms with Gasteiger partial charge in [0.15, 0.2) is 0 Å². The number of ether oxygens (including phenoxy) is 1. The van der Waals surface area contributed by atoms with E-state index in [2.05, 4.69) is 4.98 Å². The van der Waals surface area contributed by atoms with Crippen molar-refractivity contribution in [2.45, 2.75) is 12.8 Å². The number of rotatable bonds is 2. The third-order valence-electron chi connectivity index (χ3n) is 2.65. The van der Waals surface area contributed by atoms with Crippen molar-refractivity contribution < 1.29 is 9.53 Å². The van der Waals surface area contributed by atoms with Crippen LogP contribution in [0, 0.1) is 5.92 Å². The van der Waals surface area contributed by atoms with Crippen molar-refractivity contribution in [1.82, 2.24) is 4.98 Å². The Balaban J connectivity index is 1.86. The van der Waals surface area contributed by atoms with Crippen molar-refractivity contribution in [2.24, 2.45) is 5.92 Å². The largest absolute Gasteiger partial charge is 0.426 e. The van der Waals surface area contributed by atoms with E-state index in [-0.39, 0.29) is 11.9 Å². The lowest BCUT2D eigenvalue weighted by Gasteiger charge is -2.02. The summed E-state index contributed by atoms with van der Waals surface area (Å²) >= 11 is 0. The highest BCUT2D eigenvalue weighted by molar-refractivity contribution is 5.83. The third-order valence-corrected chi connectivity index (χ3v) is 2.65. The lowest BCUT2D eigenvalue weighted by molar-refractivity contribution is -0.135. The minimum Gasteiger partial charge on any atom is -0.426 e. The quantitative estimate of drug-likeness (QED) is 0.599. The Hall–Kier alpha value is -1.77. The molecule has 3 heteroatoms. The molecule has 1 saturated carbocycles. The molecule has 1 aromatic carbocycles. The van der Waals surface area contributed by atoms with Crippen LogP contribution >= 0.6 is 0 Å². The molecule has 0 amide bonds. The van der Waals surface area contributed by atoms with E-state index in [1.165, 1.54) is 0 Å². The summed E-state index contributed by atoms with van der Waals surface area (Å²) in [6.07, 6.45) is 3.83. The van der Waals surface area contributed by atoms with Gasteiger partial charge in [0.05, 0.1) is 5.92 Å². The second-order valence-corrected chi connectivity index (χ2v) is 3.92. The lowest BCUT2D eigenvalue weighted by atomic mass is 10.2. The molecule has 0 aliphatic heterocycles. The highest BCUT2D eigenvalue weighted by Crippen LogP contribution is 2.31. The highest BCUT2D eigenvalue weighted by atomic mass is 16.5. The summed E-state index contributed by atoms with van der Waals surface area (Å²) < 4.78 is 5.26. The van der Waals surface area contributed by atoms with Crippen LogP contribution in [0.5, 0.6) is 5.75 Å². The van der Waals surface area contributed by atoms with Crippen LogP contribution in [0.3, 0.4) is 0 Å². The Morgan fingerprint density at radius 2 is 2.20 bits per heavy atom. The van der Waals surface area contributed by atoms with Crippen molar-refractivity contribution in [3.05, 3.63) is 30.5 Å². The molecule has 0 unspecified atom stereocenters. The number of carbonyl (C=O) groups excluding carboxylic acids is 1. The molecule has 1 aliphatic carbocycles. The maximum atomic E-state index is 11.4. The summed E-state index contributed by atoms with van der Waals surface area (Å²) in [6.45, 7) is 0. The van der Waals surface area contributed by atoms with Crippen LogP contribution in [0.2, 0.25) is 0 Å². The van der Waals surface area contributed by atoms with Gasteiger partial charge < -0.3 is 9.72 Å². The van der Waals surface area contributed by atoms with Gasteiger partial charge in [-0.25, -0.2) is 0 Å². The average molecular weight is 201 g/mol. The first-order valence-electron chi connectivity index (χ1n) is 5.12. The molecule has 0 spiro atoms. The smallest absolute Gasteiger partial charge is 0.314 e. The molecule has 0 bridgehead atoms. The van der Waals surface area contributed by atoms with E-state index in [9.17, 15) is 4.79 Å². The molecule has 3 rings (SSSR count). The number of hydrogen-bond donors (Lipinski definition) is 1. The topological polar surface area (TPSA) is 42.1 Å². The maximum Gasteiger partial charge on any atom is 0.314 e. The van der Waals surface area contributed by atoms with Gasteiger partial charge in [-0.05, 0) is 37.1 Å². The fourth-order valence-electron chi connectivity index (χ4n) is 1.61. The number of fused-ring (bicyclic) bond motifs is 1. The minimum atomic E-state index is -0.0927. The number of hydrogen-bond acceptors (Lipinski definition) is 2. The van der Waals surface area contributed by atoms with E-state index in [0.29, 0.717) is 5.75 Å². The second kappa shape index (κ2) is 3.12. The number of benzene rings is 1. The van der Waals surface area contributed by atoms with Crippen LogP contribution in [0.1, 0.15) is 12.8 Å². The first-order chi connectivity index (χ1) is 7.33. The monoisotopic (exact) mass is 201 g/mol. The van der Waals surface area contributed by atoms with Crippen LogP contribution in [0.4, 0.5) is 0 Å². The number of carbonyl (C=O) groups is 1. The summed E-state index contributed by atoms with van der Waals surface area (Å²) in [4.78, 5) is 14.5. The molecule has 0 saturated heterocycles. The number of aromatic nitrogens is 1. The predicted octanol–water partition coefficient (Wildman–Crippen LogP) is 2.48. The lowest BCUT2D eigenvalue weighted by Crippen LogP contribution is -2.09. The van der Waals surface area contributed by atoms with E-state index in [1.54, 1.807) is 0 Å². The van der Waals surface area contributed by atoms with Gasteiger partial charge in [0.25, 0.3) is 0 Å². The number of esters is 1. The number of H-pyrrole nitrogens is 1. The Morgan fingerprint density at radius 1 is 1.33 bits per heavy atom. The molecule has 1 aliphatic rings. The van der Waals surface area contributed by atoms with Crippen LogP contribution in [0.15, 0.2) is 30.5 Å². The molecule has 0 atom stereocenters.